The molecule has 1 fully saturated rings. The van der Waals surface area contributed by atoms with Crippen molar-refractivity contribution in [1.82, 2.24) is 5.32 Å². The Hall–Kier alpha value is -1.18. The van der Waals surface area contributed by atoms with Gasteiger partial charge in [-0.25, -0.2) is 4.79 Å². The first-order valence-corrected chi connectivity index (χ1v) is 4.87. The third-order valence-corrected chi connectivity index (χ3v) is 2.09. The van der Waals surface area contributed by atoms with E-state index >= 15 is 0 Å². The summed E-state index contributed by atoms with van der Waals surface area (Å²) in [4.78, 5) is 22.6. The molecule has 1 heterocycles. The maximum absolute atomic E-state index is 11.6. The molecule has 92 valence electrons. The van der Waals surface area contributed by atoms with Crippen LogP contribution in [-0.4, -0.2) is 62.7 Å². The van der Waals surface area contributed by atoms with Crippen LogP contribution in [0.2, 0.25) is 0 Å². The van der Waals surface area contributed by atoms with Gasteiger partial charge in [0, 0.05) is 0 Å². The van der Waals surface area contributed by atoms with Gasteiger partial charge in [-0.15, -0.1) is 0 Å². The average molecular weight is 233 g/mol. The number of hydrogen-bond acceptors (Lipinski definition) is 6. The van der Waals surface area contributed by atoms with Gasteiger partial charge in [-0.2, -0.15) is 0 Å². The predicted molar refractivity (Wildman–Crippen MR) is 51.6 cm³/mol. The van der Waals surface area contributed by atoms with E-state index in [0.29, 0.717) is 13.2 Å². The van der Waals surface area contributed by atoms with E-state index in [1.807, 2.05) is 0 Å². The summed E-state index contributed by atoms with van der Waals surface area (Å²) in [5.41, 5.74) is 0. The summed E-state index contributed by atoms with van der Waals surface area (Å²) < 4.78 is 14.6. The molecule has 2 atom stereocenters. The van der Waals surface area contributed by atoms with Crippen LogP contribution in [-0.2, 0) is 23.8 Å². The Balaban J connectivity index is 2.44. The Labute approximate surface area is 92.7 Å². The van der Waals surface area contributed by atoms with Crippen LogP contribution in [0.5, 0.6) is 0 Å². The lowest BCUT2D eigenvalue weighted by Crippen LogP contribution is -2.50. The zero-order valence-electron chi connectivity index (χ0n) is 8.97. The number of hydrogen-bond donors (Lipinski definition) is 2. The number of nitrogens with one attached hydrogen (secondary N) is 1. The molecule has 7 heteroatoms. The highest BCUT2D eigenvalue weighted by Gasteiger charge is 2.27. The number of aliphatic hydroxyl groups is 1. The highest BCUT2D eigenvalue weighted by atomic mass is 16.6. The summed E-state index contributed by atoms with van der Waals surface area (Å²) in [7, 11) is 1.18. The summed E-state index contributed by atoms with van der Waals surface area (Å²) in [5, 5.41) is 11.2. The standard InChI is InChI=1S/C9H15NO6/c1-14-9(13)6(4-11)10-8(12)7-5-15-2-3-16-7/h6-7,11H,2-5H2,1H3,(H,10,12). The van der Waals surface area contributed by atoms with E-state index in [2.05, 4.69) is 10.1 Å². The van der Waals surface area contributed by atoms with Crippen molar-refractivity contribution < 1.29 is 28.9 Å². The second-order valence-corrected chi connectivity index (χ2v) is 3.20. The zero-order valence-corrected chi connectivity index (χ0v) is 8.97. The second kappa shape index (κ2) is 6.41. The van der Waals surface area contributed by atoms with Crippen LogP contribution in [0.15, 0.2) is 0 Å². The molecule has 1 amide bonds. The van der Waals surface area contributed by atoms with Gasteiger partial charge in [0.1, 0.15) is 0 Å². The third-order valence-electron chi connectivity index (χ3n) is 2.09. The molecule has 0 aromatic carbocycles. The van der Waals surface area contributed by atoms with Crippen molar-refractivity contribution in [3.8, 4) is 0 Å². The van der Waals surface area contributed by atoms with E-state index in [-0.39, 0.29) is 6.61 Å². The molecule has 1 aliphatic heterocycles. The van der Waals surface area contributed by atoms with Crippen molar-refractivity contribution >= 4 is 11.9 Å². The van der Waals surface area contributed by atoms with Crippen molar-refractivity contribution in [2.75, 3.05) is 33.5 Å². The molecule has 0 aliphatic carbocycles. The fourth-order valence-electron chi connectivity index (χ4n) is 1.23. The average Bonchev–Trinajstić information content (AvgIpc) is 2.35. The third kappa shape index (κ3) is 3.44. The van der Waals surface area contributed by atoms with Gasteiger partial charge in [-0.1, -0.05) is 0 Å². The monoisotopic (exact) mass is 233 g/mol. The second-order valence-electron chi connectivity index (χ2n) is 3.20. The van der Waals surface area contributed by atoms with Gasteiger partial charge in [-0.3, -0.25) is 4.79 Å². The van der Waals surface area contributed by atoms with Crippen LogP contribution in [0, 0.1) is 0 Å². The van der Waals surface area contributed by atoms with E-state index in [1.54, 1.807) is 0 Å². The summed E-state index contributed by atoms with van der Waals surface area (Å²) in [6, 6.07) is -1.07. The predicted octanol–water partition coefficient (Wildman–Crippen LogP) is -1.95. The Morgan fingerprint density at radius 1 is 1.56 bits per heavy atom. The van der Waals surface area contributed by atoms with Gasteiger partial charge in [0.25, 0.3) is 5.91 Å². The molecule has 0 saturated carbocycles. The van der Waals surface area contributed by atoms with Crippen molar-refractivity contribution in [2.24, 2.45) is 0 Å². The van der Waals surface area contributed by atoms with Crippen LogP contribution in [0.25, 0.3) is 0 Å². The fourth-order valence-corrected chi connectivity index (χ4v) is 1.23. The summed E-state index contributed by atoms with van der Waals surface area (Å²) in [5.74, 6) is -1.20. The number of rotatable bonds is 4. The lowest BCUT2D eigenvalue weighted by Gasteiger charge is -2.23. The maximum atomic E-state index is 11.6. The molecule has 1 saturated heterocycles. The molecular weight excluding hydrogens is 218 g/mol. The number of amides is 1. The topological polar surface area (TPSA) is 94.1 Å². The fraction of sp³-hybridized carbons (Fsp3) is 0.778. The van der Waals surface area contributed by atoms with Gasteiger partial charge in [0.2, 0.25) is 0 Å². The minimum atomic E-state index is -1.07. The van der Waals surface area contributed by atoms with Crippen LogP contribution in [0.3, 0.4) is 0 Å². The molecule has 0 bridgehead atoms. The largest absolute Gasteiger partial charge is 0.467 e. The van der Waals surface area contributed by atoms with Crippen molar-refractivity contribution in [1.29, 1.82) is 0 Å². The first-order valence-electron chi connectivity index (χ1n) is 4.87. The molecule has 1 aliphatic rings. The maximum Gasteiger partial charge on any atom is 0.330 e. The first-order chi connectivity index (χ1) is 7.69. The number of carbonyl (C=O) groups is 2. The SMILES string of the molecule is COC(=O)C(CO)NC(=O)C1COCCO1. The highest BCUT2D eigenvalue weighted by molar-refractivity contribution is 5.87. The van der Waals surface area contributed by atoms with E-state index in [4.69, 9.17) is 14.6 Å². The van der Waals surface area contributed by atoms with Crippen molar-refractivity contribution in [2.45, 2.75) is 12.1 Å². The summed E-state index contributed by atoms with van der Waals surface area (Å²) >= 11 is 0. The summed E-state index contributed by atoms with van der Waals surface area (Å²) in [6.07, 6.45) is -0.743. The lowest BCUT2D eigenvalue weighted by molar-refractivity contribution is -0.154. The molecule has 0 aromatic rings. The minimum absolute atomic E-state index is 0.144. The van der Waals surface area contributed by atoms with Gasteiger partial charge in [-0.05, 0) is 0 Å². The molecule has 1 rings (SSSR count). The molecule has 2 unspecified atom stereocenters. The van der Waals surface area contributed by atoms with Crippen molar-refractivity contribution in [3.63, 3.8) is 0 Å². The number of aliphatic hydroxyl groups excluding tert-OH is 1. The molecule has 2 N–H and O–H groups in total. The first kappa shape index (κ1) is 12.9. The molecule has 0 aromatic heterocycles. The molecule has 0 spiro atoms. The molecule has 7 nitrogen and oxygen atoms in total. The van der Waals surface area contributed by atoms with Gasteiger partial charge >= 0.3 is 5.97 Å². The van der Waals surface area contributed by atoms with Gasteiger partial charge in [0.05, 0.1) is 33.5 Å². The van der Waals surface area contributed by atoms with E-state index in [1.165, 1.54) is 7.11 Å². The normalized spacial score (nSPS) is 22.2. The van der Waals surface area contributed by atoms with Gasteiger partial charge < -0.3 is 24.6 Å². The minimum Gasteiger partial charge on any atom is -0.467 e. The van der Waals surface area contributed by atoms with E-state index < -0.39 is 30.6 Å². The smallest absolute Gasteiger partial charge is 0.330 e. The van der Waals surface area contributed by atoms with Crippen LogP contribution in [0.4, 0.5) is 0 Å². The van der Waals surface area contributed by atoms with E-state index in [9.17, 15) is 9.59 Å². The van der Waals surface area contributed by atoms with E-state index in [0.717, 1.165) is 0 Å². The Morgan fingerprint density at radius 2 is 2.31 bits per heavy atom. The number of carbonyl (C=O) groups excluding carboxylic acids is 2. The van der Waals surface area contributed by atoms with Crippen molar-refractivity contribution in [3.05, 3.63) is 0 Å². The van der Waals surface area contributed by atoms with Crippen LogP contribution < -0.4 is 5.32 Å². The molecule has 0 radical (unpaired) electrons. The number of esters is 1. The Bertz CT molecular complexity index is 250. The quantitative estimate of drug-likeness (QED) is 0.548. The highest BCUT2D eigenvalue weighted by Crippen LogP contribution is 2.01. The van der Waals surface area contributed by atoms with Crippen LogP contribution >= 0.6 is 0 Å². The Morgan fingerprint density at radius 3 is 2.81 bits per heavy atom. The number of ether oxygens (including phenoxy) is 3. The van der Waals surface area contributed by atoms with Gasteiger partial charge in [0.15, 0.2) is 12.1 Å². The van der Waals surface area contributed by atoms with Crippen LogP contribution in [0.1, 0.15) is 0 Å². The molecule has 16 heavy (non-hydrogen) atoms. The lowest BCUT2D eigenvalue weighted by atomic mass is 10.2. The summed E-state index contributed by atoms with van der Waals surface area (Å²) in [6.45, 7) is 0.404. The zero-order chi connectivity index (χ0) is 12.0. The molecular formula is C9H15NO6. The number of methoxy groups -OCH3 is 1. The Kier molecular flexibility index (Phi) is 5.17.